The second kappa shape index (κ2) is 8.52. The molecular weight excluding hydrogens is 436 g/mol. The van der Waals surface area contributed by atoms with E-state index in [0.29, 0.717) is 11.1 Å². The van der Waals surface area contributed by atoms with Gasteiger partial charge in [-0.25, -0.2) is 0 Å². The molecule has 2 nitrogen and oxygen atoms in total. The summed E-state index contributed by atoms with van der Waals surface area (Å²) in [7, 11) is -3.48. The van der Waals surface area contributed by atoms with Gasteiger partial charge in [0.05, 0.1) is 0 Å². The van der Waals surface area contributed by atoms with Gasteiger partial charge in [-0.15, -0.1) is 0 Å². The van der Waals surface area contributed by atoms with Gasteiger partial charge < -0.3 is 8.85 Å². The average molecular weight is 487 g/mol. The molecule has 0 bridgehead atoms. The maximum absolute atomic E-state index is 6.92. The van der Waals surface area contributed by atoms with Crippen LogP contribution in [-0.2, 0) is 17.3 Å². The van der Waals surface area contributed by atoms with Crippen molar-refractivity contribution in [3.63, 3.8) is 0 Å². The van der Waals surface area contributed by atoms with Crippen molar-refractivity contribution in [1.82, 2.24) is 0 Å². The maximum Gasteiger partial charge on any atom is 0.250 e. The highest BCUT2D eigenvalue weighted by Gasteiger charge is 2.49. The van der Waals surface area contributed by atoms with Crippen LogP contribution in [0.4, 0.5) is 0 Å². The van der Waals surface area contributed by atoms with E-state index in [1.54, 1.807) is 11.1 Å². The Bertz CT molecular complexity index is 861. The third-order valence-corrected chi connectivity index (χ3v) is 19.2. The standard InChI is InChI=1S/C29H50O2Si2/c1-28(2,3)32(7,8)30-24-14-13-20-18-26-21(15-23(20)17-24)11-12-22-16-25(19-27(22)26)31-33(9,10)29(4,5)6/h13-14,17,21-22,25-27H,11-12,15-16,18-19H2,1-10H3. The van der Waals surface area contributed by atoms with E-state index in [0.717, 1.165) is 29.4 Å². The van der Waals surface area contributed by atoms with Crippen LogP contribution in [-0.4, -0.2) is 22.7 Å². The van der Waals surface area contributed by atoms with E-state index in [-0.39, 0.29) is 5.04 Å². The number of hydrogen-bond donors (Lipinski definition) is 0. The summed E-state index contributed by atoms with van der Waals surface area (Å²) in [6.45, 7) is 23.7. The number of fused-ring (bicyclic) bond motifs is 4. The smallest absolute Gasteiger partial charge is 0.250 e. The van der Waals surface area contributed by atoms with Crippen molar-refractivity contribution < 1.29 is 8.85 Å². The molecule has 1 aromatic rings. The Labute approximate surface area is 206 Å². The molecule has 3 aliphatic rings. The molecule has 4 heteroatoms. The summed E-state index contributed by atoms with van der Waals surface area (Å²) < 4.78 is 13.6. The number of hydrogen-bond acceptors (Lipinski definition) is 2. The molecule has 0 heterocycles. The second-order valence-electron chi connectivity index (χ2n) is 14.6. The fraction of sp³-hybridized carbons (Fsp3) is 0.793. The van der Waals surface area contributed by atoms with Gasteiger partial charge in [0.15, 0.2) is 8.32 Å². The molecule has 4 rings (SSSR count). The lowest BCUT2D eigenvalue weighted by molar-refractivity contribution is 0.100. The fourth-order valence-electron chi connectivity index (χ4n) is 6.25. The lowest BCUT2D eigenvalue weighted by atomic mass is 9.61. The molecule has 0 aromatic heterocycles. The lowest BCUT2D eigenvalue weighted by Crippen LogP contribution is -2.44. The Morgan fingerprint density at radius 2 is 1.36 bits per heavy atom. The SMILES string of the molecule is CC(C)(C)[Si](C)(C)Oc1ccc2c(c1)CC1CCC3CC(O[Si](C)(C)C(C)(C)C)CC3C1C2. The van der Waals surface area contributed by atoms with Crippen molar-refractivity contribution in [2.24, 2.45) is 23.7 Å². The summed E-state index contributed by atoms with van der Waals surface area (Å²) in [5.74, 6) is 4.58. The summed E-state index contributed by atoms with van der Waals surface area (Å²) in [6.07, 6.45) is 8.47. The van der Waals surface area contributed by atoms with E-state index in [1.165, 1.54) is 38.5 Å². The first-order valence-corrected chi connectivity index (χ1v) is 19.4. The molecule has 5 unspecified atom stereocenters. The minimum atomic E-state index is -1.79. The van der Waals surface area contributed by atoms with Crippen LogP contribution in [0.15, 0.2) is 18.2 Å². The molecule has 186 valence electrons. The largest absolute Gasteiger partial charge is 0.543 e. The maximum atomic E-state index is 6.92. The fourth-order valence-corrected chi connectivity index (χ4v) is 8.65. The van der Waals surface area contributed by atoms with Gasteiger partial charge in [-0.05, 0) is 122 Å². The summed E-state index contributed by atoms with van der Waals surface area (Å²) in [5.41, 5.74) is 3.16. The van der Waals surface area contributed by atoms with Crippen molar-refractivity contribution in [1.29, 1.82) is 0 Å². The van der Waals surface area contributed by atoms with Crippen molar-refractivity contribution in [3.8, 4) is 5.75 Å². The predicted octanol–water partition coefficient (Wildman–Crippen LogP) is 8.61. The topological polar surface area (TPSA) is 18.5 Å². The Hall–Kier alpha value is -0.586. The number of rotatable bonds is 4. The Balaban J connectivity index is 1.47. The van der Waals surface area contributed by atoms with Gasteiger partial charge in [-0.1, -0.05) is 47.6 Å². The van der Waals surface area contributed by atoms with E-state index < -0.39 is 16.6 Å². The summed E-state index contributed by atoms with van der Waals surface area (Å²) >= 11 is 0. The van der Waals surface area contributed by atoms with Crippen molar-refractivity contribution in [3.05, 3.63) is 29.3 Å². The molecule has 0 spiro atoms. The average Bonchev–Trinajstić information content (AvgIpc) is 3.06. The lowest BCUT2D eigenvalue weighted by Gasteiger charge is -2.44. The van der Waals surface area contributed by atoms with Gasteiger partial charge in [0.25, 0.3) is 0 Å². The van der Waals surface area contributed by atoms with Gasteiger partial charge >= 0.3 is 0 Å². The molecule has 1 aromatic carbocycles. The van der Waals surface area contributed by atoms with Crippen LogP contribution in [0, 0.1) is 23.7 Å². The molecule has 5 atom stereocenters. The van der Waals surface area contributed by atoms with Gasteiger partial charge in [-0.3, -0.25) is 0 Å². The van der Waals surface area contributed by atoms with Crippen LogP contribution >= 0.6 is 0 Å². The zero-order valence-electron chi connectivity index (χ0n) is 23.2. The van der Waals surface area contributed by atoms with E-state index in [1.807, 2.05) is 0 Å². The van der Waals surface area contributed by atoms with E-state index in [9.17, 15) is 0 Å². The van der Waals surface area contributed by atoms with Crippen LogP contribution in [0.5, 0.6) is 5.75 Å². The molecule has 3 aliphatic carbocycles. The summed E-state index contributed by atoms with van der Waals surface area (Å²) in [4.78, 5) is 0. The minimum absolute atomic E-state index is 0.234. The molecular formula is C29H50O2Si2. The van der Waals surface area contributed by atoms with Crippen LogP contribution in [0.3, 0.4) is 0 Å². The van der Waals surface area contributed by atoms with Crippen molar-refractivity contribution in [2.75, 3.05) is 0 Å². The molecule has 2 fully saturated rings. The molecule has 33 heavy (non-hydrogen) atoms. The first kappa shape index (κ1) is 25.5. The van der Waals surface area contributed by atoms with E-state index in [4.69, 9.17) is 8.85 Å². The Morgan fingerprint density at radius 3 is 2.00 bits per heavy atom. The number of benzene rings is 1. The molecule has 0 aliphatic heterocycles. The van der Waals surface area contributed by atoms with Gasteiger partial charge in [-0.2, -0.15) is 0 Å². The zero-order valence-corrected chi connectivity index (χ0v) is 25.2. The highest BCUT2D eigenvalue weighted by atomic mass is 28.4. The summed E-state index contributed by atoms with van der Waals surface area (Å²) in [5, 5.41) is 0.537. The predicted molar refractivity (Wildman–Crippen MR) is 146 cm³/mol. The highest BCUT2D eigenvalue weighted by Crippen LogP contribution is 2.53. The van der Waals surface area contributed by atoms with Crippen LogP contribution in [0.2, 0.25) is 36.3 Å². The normalized spacial score (nSPS) is 30.4. The van der Waals surface area contributed by atoms with E-state index >= 15 is 0 Å². The molecule has 0 N–H and O–H groups in total. The second-order valence-corrected chi connectivity index (χ2v) is 24.1. The van der Waals surface area contributed by atoms with Crippen LogP contribution in [0.1, 0.15) is 78.4 Å². The molecule has 0 saturated heterocycles. The van der Waals surface area contributed by atoms with Crippen LogP contribution < -0.4 is 4.43 Å². The monoisotopic (exact) mass is 486 g/mol. The van der Waals surface area contributed by atoms with Gasteiger partial charge in [0.2, 0.25) is 8.32 Å². The summed E-state index contributed by atoms with van der Waals surface area (Å²) in [6, 6.07) is 7.06. The molecule has 0 radical (unpaired) electrons. The van der Waals surface area contributed by atoms with Crippen molar-refractivity contribution >= 4 is 16.6 Å². The van der Waals surface area contributed by atoms with Crippen LogP contribution in [0.25, 0.3) is 0 Å². The minimum Gasteiger partial charge on any atom is -0.543 e. The third-order valence-electron chi connectivity index (χ3n) is 10.3. The Morgan fingerprint density at radius 1 is 0.727 bits per heavy atom. The third kappa shape index (κ3) is 5.04. The zero-order chi connectivity index (χ0) is 24.4. The first-order valence-electron chi connectivity index (χ1n) is 13.6. The van der Waals surface area contributed by atoms with E-state index in [2.05, 4.69) is 85.9 Å². The Kier molecular flexibility index (Phi) is 6.58. The van der Waals surface area contributed by atoms with Gasteiger partial charge in [0.1, 0.15) is 5.75 Å². The molecule has 0 amide bonds. The molecule has 2 saturated carbocycles. The first-order chi connectivity index (χ1) is 15.1. The van der Waals surface area contributed by atoms with Crippen molar-refractivity contribution in [2.45, 2.75) is 122 Å². The van der Waals surface area contributed by atoms with Gasteiger partial charge in [0, 0.05) is 6.10 Å². The quantitative estimate of drug-likeness (QED) is 0.397. The highest BCUT2D eigenvalue weighted by molar-refractivity contribution is 6.75.